The number of hydrogen-bond donors (Lipinski definition) is 1. The molecule has 1 aromatic rings. The first kappa shape index (κ1) is 13.9. The summed E-state index contributed by atoms with van der Waals surface area (Å²) in [5.74, 6) is 0.963. The highest BCUT2D eigenvalue weighted by molar-refractivity contribution is 5.27. The Morgan fingerprint density at radius 3 is 2.60 bits per heavy atom. The number of hydrogen-bond acceptors (Lipinski definition) is 3. The summed E-state index contributed by atoms with van der Waals surface area (Å²) in [5.41, 5.74) is 1.34. The van der Waals surface area contributed by atoms with E-state index in [4.69, 9.17) is 4.74 Å². The summed E-state index contributed by atoms with van der Waals surface area (Å²) in [7, 11) is 0. The van der Waals surface area contributed by atoms with Crippen molar-refractivity contribution >= 4 is 0 Å². The van der Waals surface area contributed by atoms with Crippen LogP contribution in [0.25, 0.3) is 0 Å². The zero-order chi connectivity index (χ0) is 13.9. The number of nitrogens with one attached hydrogen (secondary N) is 1. The maximum absolute atomic E-state index is 5.67. The quantitative estimate of drug-likeness (QED) is 0.863. The third kappa shape index (κ3) is 3.74. The van der Waals surface area contributed by atoms with Crippen molar-refractivity contribution < 1.29 is 4.74 Å². The van der Waals surface area contributed by atoms with Crippen molar-refractivity contribution in [2.45, 2.75) is 57.8 Å². The largest absolute Gasteiger partial charge is 0.491 e. The van der Waals surface area contributed by atoms with Gasteiger partial charge < -0.3 is 10.1 Å². The Hall–Kier alpha value is -1.06. The molecule has 3 heteroatoms. The van der Waals surface area contributed by atoms with Gasteiger partial charge in [0.15, 0.2) is 0 Å². The molecule has 3 rings (SSSR count). The van der Waals surface area contributed by atoms with Crippen molar-refractivity contribution in [1.82, 2.24) is 10.2 Å². The third-order valence-corrected chi connectivity index (χ3v) is 4.17. The van der Waals surface area contributed by atoms with Gasteiger partial charge in [-0.25, -0.2) is 0 Å². The Balaban J connectivity index is 1.44. The first-order chi connectivity index (χ1) is 9.70. The smallest absolute Gasteiger partial charge is 0.119 e. The van der Waals surface area contributed by atoms with Gasteiger partial charge in [0.2, 0.25) is 0 Å². The van der Waals surface area contributed by atoms with Crippen molar-refractivity contribution in [2.24, 2.45) is 0 Å². The fourth-order valence-corrected chi connectivity index (χ4v) is 2.95. The van der Waals surface area contributed by atoms with Crippen LogP contribution in [0.2, 0.25) is 0 Å². The van der Waals surface area contributed by atoms with Gasteiger partial charge in [-0.15, -0.1) is 0 Å². The van der Waals surface area contributed by atoms with Gasteiger partial charge in [0.25, 0.3) is 0 Å². The van der Waals surface area contributed by atoms with Crippen molar-refractivity contribution in [3.05, 3.63) is 29.8 Å². The molecule has 1 heterocycles. The van der Waals surface area contributed by atoms with Gasteiger partial charge in [-0.3, -0.25) is 4.90 Å². The number of rotatable bonds is 6. The maximum atomic E-state index is 5.67. The lowest BCUT2D eigenvalue weighted by Gasteiger charge is -2.16. The molecule has 0 amide bonds. The molecule has 1 atom stereocenters. The van der Waals surface area contributed by atoms with Crippen LogP contribution in [-0.4, -0.2) is 36.2 Å². The predicted octanol–water partition coefficient (Wildman–Crippen LogP) is 2.80. The van der Waals surface area contributed by atoms with Gasteiger partial charge >= 0.3 is 0 Å². The van der Waals surface area contributed by atoms with Crippen LogP contribution in [0.1, 0.15) is 38.7 Å². The second-order valence-electron chi connectivity index (χ2n) is 6.40. The van der Waals surface area contributed by atoms with E-state index in [0.29, 0.717) is 6.04 Å². The van der Waals surface area contributed by atoms with Crippen LogP contribution < -0.4 is 10.1 Å². The van der Waals surface area contributed by atoms with E-state index in [0.717, 1.165) is 18.3 Å². The lowest BCUT2D eigenvalue weighted by Crippen LogP contribution is -2.32. The molecule has 0 aromatic heterocycles. The van der Waals surface area contributed by atoms with Crippen LogP contribution >= 0.6 is 0 Å². The van der Waals surface area contributed by atoms with Gasteiger partial charge in [0.1, 0.15) is 5.75 Å². The van der Waals surface area contributed by atoms with Gasteiger partial charge in [-0.05, 0) is 50.8 Å². The minimum atomic E-state index is 0.242. The van der Waals surface area contributed by atoms with Gasteiger partial charge in [-0.2, -0.15) is 0 Å². The number of likely N-dealkylation sites (tertiary alicyclic amines) is 1. The Kier molecular flexibility index (Phi) is 4.27. The minimum Gasteiger partial charge on any atom is -0.491 e. The van der Waals surface area contributed by atoms with Crippen molar-refractivity contribution in [1.29, 1.82) is 0 Å². The highest BCUT2D eigenvalue weighted by atomic mass is 16.5. The van der Waals surface area contributed by atoms with Crippen LogP contribution in [0.15, 0.2) is 24.3 Å². The summed E-state index contributed by atoms with van der Waals surface area (Å²) < 4.78 is 5.67. The normalized spacial score (nSPS) is 23.4. The molecule has 2 fully saturated rings. The zero-order valence-electron chi connectivity index (χ0n) is 12.6. The molecule has 3 nitrogen and oxygen atoms in total. The highest BCUT2D eigenvalue weighted by Crippen LogP contribution is 2.29. The standard InChI is InChI=1S/C17H26N2O/c1-13(2)20-17-7-3-14(4-8-17)11-18-15-9-10-19(12-15)16-5-6-16/h3-4,7-8,13,15-16,18H,5-6,9-12H2,1-2H3. The summed E-state index contributed by atoms with van der Waals surface area (Å²) >= 11 is 0. The van der Waals surface area contributed by atoms with E-state index < -0.39 is 0 Å². The van der Waals surface area contributed by atoms with E-state index in [1.807, 2.05) is 0 Å². The van der Waals surface area contributed by atoms with E-state index >= 15 is 0 Å². The molecule has 20 heavy (non-hydrogen) atoms. The molecular formula is C17H26N2O. The molecule has 0 spiro atoms. The molecule has 0 bridgehead atoms. The van der Waals surface area contributed by atoms with E-state index in [9.17, 15) is 0 Å². The fraction of sp³-hybridized carbons (Fsp3) is 0.647. The predicted molar refractivity (Wildman–Crippen MR) is 82.0 cm³/mol. The minimum absolute atomic E-state index is 0.242. The summed E-state index contributed by atoms with van der Waals surface area (Å²) in [6.45, 7) is 7.59. The molecule has 1 aliphatic carbocycles. The van der Waals surface area contributed by atoms with E-state index in [1.165, 1.54) is 37.9 Å². The Labute approximate surface area is 122 Å². The Bertz CT molecular complexity index is 425. The Morgan fingerprint density at radius 1 is 1.20 bits per heavy atom. The maximum Gasteiger partial charge on any atom is 0.119 e. The molecule has 1 N–H and O–H groups in total. The Morgan fingerprint density at radius 2 is 1.95 bits per heavy atom. The second kappa shape index (κ2) is 6.15. The summed E-state index contributed by atoms with van der Waals surface area (Å²) in [6, 6.07) is 10.1. The molecule has 1 aromatic carbocycles. The van der Waals surface area contributed by atoms with Gasteiger partial charge in [-0.1, -0.05) is 12.1 Å². The summed E-state index contributed by atoms with van der Waals surface area (Å²) in [6.07, 6.45) is 4.38. The SMILES string of the molecule is CC(C)Oc1ccc(CNC2CCN(C3CC3)C2)cc1. The lowest BCUT2D eigenvalue weighted by atomic mass is 10.2. The topological polar surface area (TPSA) is 24.5 Å². The summed E-state index contributed by atoms with van der Waals surface area (Å²) in [5, 5.41) is 3.69. The molecular weight excluding hydrogens is 248 g/mol. The van der Waals surface area contributed by atoms with Crippen LogP contribution in [0, 0.1) is 0 Å². The molecule has 0 radical (unpaired) electrons. The van der Waals surface area contributed by atoms with Crippen LogP contribution in [0.4, 0.5) is 0 Å². The van der Waals surface area contributed by atoms with E-state index in [2.05, 4.69) is 48.3 Å². The second-order valence-corrected chi connectivity index (χ2v) is 6.40. The van der Waals surface area contributed by atoms with E-state index in [1.54, 1.807) is 0 Å². The van der Waals surface area contributed by atoms with Crippen molar-refractivity contribution in [3.63, 3.8) is 0 Å². The highest BCUT2D eigenvalue weighted by Gasteiger charge is 2.33. The molecule has 1 unspecified atom stereocenters. The van der Waals surface area contributed by atoms with Crippen LogP contribution in [0.3, 0.4) is 0 Å². The summed E-state index contributed by atoms with van der Waals surface area (Å²) in [4.78, 5) is 2.65. The number of ether oxygens (including phenoxy) is 1. The molecule has 2 aliphatic rings. The third-order valence-electron chi connectivity index (χ3n) is 4.17. The van der Waals surface area contributed by atoms with Gasteiger partial charge in [0, 0.05) is 31.7 Å². The fourth-order valence-electron chi connectivity index (χ4n) is 2.95. The van der Waals surface area contributed by atoms with Crippen LogP contribution in [0.5, 0.6) is 5.75 Å². The zero-order valence-corrected chi connectivity index (χ0v) is 12.6. The first-order valence-corrected chi connectivity index (χ1v) is 7.94. The van der Waals surface area contributed by atoms with Crippen molar-refractivity contribution in [2.75, 3.05) is 13.1 Å². The number of benzene rings is 1. The van der Waals surface area contributed by atoms with Crippen molar-refractivity contribution in [3.8, 4) is 5.75 Å². The molecule has 110 valence electrons. The molecule has 1 saturated carbocycles. The van der Waals surface area contributed by atoms with Gasteiger partial charge in [0.05, 0.1) is 6.10 Å². The molecule has 1 saturated heterocycles. The first-order valence-electron chi connectivity index (χ1n) is 7.94. The van der Waals surface area contributed by atoms with Crippen LogP contribution in [-0.2, 0) is 6.54 Å². The lowest BCUT2D eigenvalue weighted by molar-refractivity contribution is 0.242. The average molecular weight is 274 g/mol. The molecule has 1 aliphatic heterocycles. The average Bonchev–Trinajstić information content (AvgIpc) is 3.17. The number of nitrogens with zero attached hydrogens (tertiary/aromatic N) is 1. The van der Waals surface area contributed by atoms with E-state index in [-0.39, 0.29) is 6.10 Å². The monoisotopic (exact) mass is 274 g/mol.